The van der Waals surface area contributed by atoms with Crippen LogP contribution in [-0.2, 0) is 22.7 Å². The van der Waals surface area contributed by atoms with Crippen LogP contribution in [0.15, 0.2) is 23.4 Å². The fourth-order valence-electron chi connectivity index (χ4n) is 2.13. The summed E-state index contributed by atoms with van der Waals surface area (Å²) in [5.41, 5.74) is 2.42. The molecule has 0 atom stereocenters. The van der Waals surface area contributed by atoms with E-state index in [1.807, 2.05) is 29.7 Å². The first-order valence-corrected chi connectivity index (χ1v) is 8.94. The summed E-state index contributed by atoms with van der Waals surface area (Å²) in [6, 6.07) is 6.00. The summed E-state index contributed by atoms with van der Waals surface area (Å²) in [4.78, 5) is 11.5. The van der Waals surface area contributed by atoms with E-state index in [-0.39, 0.29) is 11.7 Å². The highest BCUT2D eigenvalue weighted by Gasteiger charge is 2.14. The minimum absolute atomic E-state index is 0.226. The van der Waals surface area contributed by atoms with E-state index >= 15 is 0 Å². The van der Waals surface area contributed by atoms with E-state index in [0.717, 1.165) is 11.6 Å². The summed E-state index contributed by atoms with van der Waals surface area (Å²) < 4.78 is 12.7. The third-order valence-electron chi connectivity index (χ3n) is 3.58. The number of esters is 1. The van der Waals surface area contributed by atoms with Gasteiger partial charge < -0.3 is 14.0 Å². The second kappa shape index (κ2) is 8.73. The summed E-state index contributed by atoms with van der Waals surface area (Å²) in [7, 11) is 0. The Labute approximate surface area is 146 Å². The number of rotatable bonds is 8. The van der Waals surface area contributed by atoms with E-state index in [0.29, 0.717) is 24.9 Å². The Morgan fingerprint density at radius 2 is 2.00 bits per heavy atom. The highest BCUT2D eigenvalue weighted by Crippen LogP contribution is 2.20. The third kappa shape index (κ3) is 4.74. The number of aryl methyl sites for hydroxylation is 2. The molecule has 7 heteroatoms. The van der Waals surface area contributed by atoms with E-state index in [9.17, 15) is 4.79 Å². The van der Waals surface area contributed by atoms with Gasteiger partial charge in [-0.15, -0.1) is 10.2 Å². The molecule has 6 nitrogen and oxygen atoms in total. The molecule has 0 amide bonds. The number of benzene rings is 1. The van der Waals surface area contributed by atoms with Crippen LogP contribution >= 0.6 is 11.8 Å². The van der Waals surface area contributed by atoms with Crippen molar-refractivity contribution >= 4 is 17.7 Å². The maximum Gasteiger partial charge on any atom is 0.316 e. The van der Waals surface area contributed by atoms with Gasteiger partial charge in [-0.1, -0.05) is 17.8 Å². The number of aromatic nitrogens is 3. The first kappa shape index (κ1) is 18.3. The van der Waals surface area contributed by atoms with Gasteiger partial charge in [0.1, 0.15) is 12.4 Å². The van der Waals surface area contributed by atoms with Gasteiger partial charge in [0, 0.05) is 6.54 Å². The molecule has 0 radical (unpaired) electrons. The van der Waals surface area contributed by atoms with Crippen LogP contribution in [0.4, 0.5) is 0 Å². The van der Waals surface area contributed by atoms with E-state index in [1.165, 1.54) is 22.9 Å². The molecule has 0 bridgehead atoms. The van der Waals surface area contributed by atoms with Crippen LogP contribution in [0, 0.1) is 13.8 Å². The Morgan fingerprint density at radius 3 is 2.67 bits per heavy atom. The number of carbonyl (C=O) groups excluding carboxylic acids is 1. The van der Waals surface area contributed by atoms with Crippen molar-refractivity contribution < 1.29 is 14.3 Å². The van der Waals surface area contributed by atoms with Crippen molar-refractivity contribution in [3.8, 4) is 5.75 Å². The molecule has 2 aromatic rings. The maximum absolute atomic E-state index is 11.5. The van der Waals surface area contributed by atoms with Crippen molar-refractivity contribution in [1.82, 2.24) is 14.8 Å². The topological polar surface area (TPSA) is 66.2 Å². The molecule has 0 N–H and O–H groups in total. The molecule has 0 spiro atoms. The molecule has 0 unspecified atom stereocenters. The second-order valence-corrected chi connectivity index (χ2v) is 6.21. The van der Waals surface area contributed by atoms with Gasteiger partial charge in [-0.25, -0.2) is 0 Å². The largest absolute Gasteiger partial charge is 0.486 e. The lowest BCUT2D eigenvalue weighted by Gasteiger charge is -2.10. The van der Waals surface area contributed by atoms with E-state index in [2.05, 4.69) is 24.0 Å². The molecule has 1 heterocycles. The van der Waals surface area contributed by atoms with Gasteiger partial charge >= 0.3 is 5.97 Å². The molecule has 0 aliphatic rings. The van der Waals surface area contributed by atoms with Crippen molar-refractivity contribution in [3.63, 3.8) is 0 Å². The van der Waals surface area contributed by atoms with Crippen molar-refractivity contribution in [2.24, 2.45) is 0 Å². The maximum atomic E-state index is 11.5. The molecule has 130 valence electrons. The number of carbonyl (C=O) groups is 1. The van der Waals surface area contributed by atoms with Crippen LogP contribution in [0.3, 0.4) is 0 Å². The molecule has 1 aromatic carbocycles. The van der Waals surface area contributed by atoms with Crippen molar-refractivity contribution in [2.45, 2.75) is 46.0 Å². The molecule has 0 aliphatic carbocycles. The van der Waals surface area contributed by atoms with Crippen LogP contribution in [0.2, 0.25) is 0 Å². The van der Waals surface area contributed by atoms with Gasteiger partial charge in [-0.05, 0) is 51.0 Å². The summed E-state index contributed by atoms with van der Waals surface area (Å²) >= 11 is 1.33. The molecule has 24 heavy (non-hydrogen) atoms. The highest BCUT2D eigenvalue weighted by molar-refractivity contribution is 7.99. The smallest absolute Gasteiger partial charge is 0.316 e. The predicted octanol–water partition coefficient (Wildman–Crippen LogP) is 3.15. The fourth-order valence-corrected chi connectivity index (χ4v) is 2.95. The Balaban J connectivity index is 2.00. The zero-order valence-electron chi connectivity index (χ0n) is 14.5. The lowest BCUT2D eigenvalue weighted by atomic mass is 10.1. The molecule has 0 saturated carbocycles. The standard InChI is InChI=1S/C17H23N3O3S/c1-5-20-15(10-23-14-8-7-12(3)13(4)9-14)18-19-17(20)24-11-16(21)22-6-2/h7-9H,5-6,10-11H2,1-4H3. The molecule has 2 rings (SSSR count). The Morgan fingerprint density at radius 1 is 1.21 bits per heavy atom. The zero-order chi connectivity index (χ0) is 17.5. The number of hydrogen-bond acceptors (Lipinski definition) is 6. The first-order valence-electron chi connectivity index (χ1n) is 7.95. The molecular weight excluding hydrogens is 326 g/mol. The highest BCUT2D eigenvalue weighted by atomic mass is 32.2. The lowest BCUT2D eigenvalue weighted by molar-refractivity contribution is -0.139. The fraction of sp³-hybridized carbons (Fsp3) is 0.471. The van der Waals surface area contributed by atoms with Gasteiger partial charge in [0.05, 0.1) is 12.4 Å². The molecule has 1 aromatic heterocycles. The molecule has 0 fully saturated rings. The van der Waals surface area contributed by atoms with Crippen LogP contribution < -0.4 is 4.74 Å². The van der Waals surface area contributed by atoms with Gasteiger partial charge in [0.25, 0.3) is 0 Å². The van der Waals surface area contributed by atoms with Crippen LogP contribution in [-0.4, -0.2) is 33.1 Å². The first-order chi connectivity index (χ1) is 11.5. The van der Waals surface area contributed by atoms with Crippen LogP contribution in [0.5, 0.6) is 5.75 Å². The minimum Gasteiger partial charge on any atom is -0.486 e. The van der Waals surface area contributed by atoms with Gasteiger partial charge in [0.15, 0.2) is 11.0 Å². The van der Waals surface area contributed by atoms with Crippen molar-refractivity contribution in [3.05, 3.63) is 35.2 Å². The second-order valence-electron chi connectivity index (χ2n) is 5.27. The Hall–Kier alpha value is -2.02. The van der Waals surface area contributed by atoms with Gasteiger partial charge in [-0.3, -0.25) is 4.79 Å². The zero-order valence-corrected chi connectivity index (χ0v) is 15.4. The van der Waals surface area contributed by atoms with Crippen LogP contribution in [0.1, 0.15) is 30.8 Å². The molecular formula is C17H23N3O3S. The normalized spacial score (nSPS) is 10.7. The molecule has 0 aliphatic heterocycles. The molecule has 0 saturated heterocycles. The van der Waals surface area contributed by atoms with Gasteiger partial charge in [-0.2, -0.15) is 0 Å². The van der Waals surface area contributed by atoms with Crippen molar-refractivity contribution in [2.75, 3.05) is 12.4 Å². The predicted molar refractivity (Wildman–Crippen MR) is 93.3 cm³/mol. The number of nitrogens with zero attached hydrogens (tertiary/aromatic N) is 3. The average Bonchev–Trinajstić information content (AvgIpc) is 2.96. The average molecular weight is 349 g/mol. The summed E-state index contributed by atoms with van der Waals surface area (Å²) in [5, 5.41) is 9.03. The summed E-state index contributed by atoms with van der Waals surface area (Å²) in [6.45, 7) is 9.36. The van der Waals surface area contributed by atoms with Gasteiger partial charge in [0.2, 0.25) is 0 Å². The Bertz CT molecular complexity index is 700. The minimum atomic E-state index is -0.249. The lowest BCUT2D eigenvalue weighted by Crippen LogP contribution is -2.09. The number of hydrogen-bond donors (Lipinski definition) is 0. The summed E-state index contributed by atoms with van der Waals surface area (Å²) in [5.74, 6) is 1.52. The number of thioether (sulfide) groups is 1. The van der Waals surface area contributed by atoms with Crippen molar-refractivity contribution in [1.29, 1.82) is 0 Å². The van der Waals surface area contributed by atoms with E-state index in [4.69, 9.17) is 9.47 Å². The number of ether oxygens (including phenoxy) is 2. The van der Waals surface area contributed by atoms with E-state index in [1.54, 1.807) is 6.92 Å². The SMILES string of the molecule is CCOC(=O)CSc1nnc(COc2ccc(C)c(C)c2)n1CC. The Kier molecular flexibility index (Phi) is 6.66. The summed E-state index contributed by atoms with van der Waals surface area (Å²) in [6.07, 6.45) is 0. The monoisotopic (exact) mass is 349 g/mol. The third-order valence-corrected chi connectivity index (χ3v) is 4.52. The quantitative estimate of drug-likeness (QED) is 0.539. The van der Waals surface area contributed by atoms with E-state index < -0.39 is 0 Å². The van der Waals surface area contributed by atoms with Crippen LogP contribution in [0.25, 0.3) is 0 Å².